The predicted molar refractivity (Wildman–Crippen MR) is 172 cm³/mol. The molecule has 2 aromatic heterocycles. The Hall–Kier alpha value is -4.77. The number of carbonyl (C=O) groups excluding carboxylic acids is 2. The second-order valence-corrected chi connectivity index (χ2v) is 12.1. The highest BCUT2D eigenvalue weighted by Crippen LogP contribution is 2.39. The lowest BCUT2D eigenvalue weighted by molar-refractivity contribution is -0.114. The van der Waals surface area contributed by atoms with Gasteiger partial charge in [0.1, 0.15) is 35.0 Å². The van der Waals surface area contributed by atoms with Crippen molar-refractivity contribution in [2.45, 2.75) is 52.2 Å². The molecule has 11 heteroatoms. The van der Waals surface area contributed by atoms with Crippen LogP contribution in [0.2, 0.25) is 0 Å². The third-order valence-corrected chi connectivity index (χ3v) is 7.32. The van der Waals surface area contributed by atoms with Gasteiger partial charge < -0.3 is 38.7 Å². The fourth-order valence-corrected chi connectivity index (χ4v) is 5.25. The fourth-order valence-electron chi connectivity index (χ4n) is 5.25. The molecule has 4 aromatic rings. The standard InChI is InChI=1S/C34H40N4O7/c1-22(39)36-23-9-10-30(28(19-23)29-21-37(5)32(40)31-27(29)11-14-35-31)44-26-8-6-7-25(20-26)43-18-17-42-24-12-15-38(16-13-24)33(41)45-34(2,3)4/h6-11,14,19-21,24,35H,12-13,15-18H2,1-5H3,(H,36,39). The van der Waals surface area contributed by atoms with E-state index in [0.29, 0.717) is 60.3 Å². The molecule has 2 amide bonds. The van der Waals surface area contributed by atoms with Gasteiger partial charge in [0.25, 0.3) is 5.56 Å². The number of aromatic amines is 1. The van der Waals surface area contributed by atoms with Gasteiger partial charge >= 0.3 is 6.09 Å². The second kappa shape index (κ2) is 13.5. The molecule has 238 valence electrons. The third kappa shape index (κ3) is 8.04. The molecule has 1 saturated heterocycles. The maximum absolute atomic E-state index is 12.7. The van der Waals surface area contributed by atoms with Gasteiger partial charge in [0.15, 0.2) is 0 Å². The molecule has 0 unspecified atom stereocenters. The zero-order valence-corrected chi connectivity index (χ0v) is 26.3. The minimum atomic E-state index is -0.511. The summed E-state index contributed by atoms with van der Waals surface area (Å²) in [5, 5.41) is 3.57. The molecular weight excluding hydrogens is 576 g/mol. The molecule has 1 fully saturated rings. The number of nitrogens with one attached hydrogen (secondary N) is 2. The maximum atomic E-state index is 12.7. The zero-order chi connectivity index (χ0) is 32.1. The van der Waals surface area contributed by atoms with Crippen LogP contribution in [-0.2, 0) is 21.3 Å². The molecule has 5 rings (SSSR count). The Bertz CT molecular complexity index is 1730. The van der Waals surface area contributed by atoms with Crippen LogP contribution < -0.4 is 20.3 Å². The van der Waals surface area contributed by atoms with Crippen LogP contribution >= 0.6 is 0 Å². The number of aromatic nitrogens is 2. The molecule has 0 aliphatic carbocycles. The number of anilines is 1. The van der Waals surface area contributed by atoms with Gasteiger partial charge in [-0.1, -0.05) is 6.07 Å². The monoisotopic (exact) mass is 616 g/mol. The van der Waals surface area contributed by atoms with E-state index < -0.39 is 5.60 Å². The van der Waals surface area contributed by atoms with Crippen LogP contribution in [0.4, 0.5) is 10.5 Å². The summed E-state index contributed by atoms with van der Waals surface area (Å²) in [6.45, 7) is 9.01. The van der Waals surface area contributed by atoms with Gasteiger partial charge in [-0.05, 0) is 70.0 Å². The van der Waals surface area contributed by atoms with E-state index in [-0.39, 0.29) is 23.7 Å². The van der Waals surface area contributed by atoms with Crippen LogP contribution in [0.25, 0.3) is 22.0 Å². The number of fused-ring (bicyclic) bond motifs is 1. The first-order valence-corrected chi connectivity index (χ1v) is 15.1. The van der Waals surface area contributed by atoms with Gasteiger partial charge in [0.05, 0.1) is 12.7 Å². The van der Waals surface area contributed by atoms with Crippen LogP contribution in [0.1, 0.15) is 40.5 Å². The Morgan fingerprint density at radius 3 is 2.49 bits per heavy atom. The van der Waals surface area contributed by atoms with E-state index in [9.17, 15) is 14.4 Å². The second-order valence-electron chi connectivity index (χ2n) is 12.1. The molecule has 11 nitrogen and oxygen atoms in total. The quantitative estimate of drug-likeness (QED) is 0.219. The van der Waals surface area contributed by atoms with E-state index in [2.05, 4.69) is 10.3 Å². The lowest BCUT2D eigenvalue weighted by Gasteiger charge is -2.33. The molecule has 1 aliphatic heterocycles. The van der Waals surface area contributed by atoms with Crippen LogP contribution in [0.3, 0.4) is 0 Å². The maximum Gasteiger partial charge on any atom is 0.410 e. The number of likely N-dealkylation sites (tertiary alicyclic amines) is 1. The lowest BCUT2D eigenvalue weighted by atomic mass is 10.0. The summed E-state index contributed by atoms with van der Waals surface area (Å²) < 4.78 is 25.3. The van der Waals surface area contributed by atoms with Crippen LogP contribution in [0, 0.1) is 0 Å². The molecular formula is C34H40N4O7. The molecule has 0 atom stereocenters. The van der Waals surface area contributed by atoms with Crippen molar-refractivity contribution < 1.29 is 28.5 Å². The Balaban J connectivity index is 1.23. The summed E-state index contributed by atoms with van der Waals surface area (Å²) in [6, 6.07) is 14.6. The van der Waals surface area contributed by atoms with Crippen molar-refractivity contribution in [3.05, 3.63) is 71.3 Å². The number of pyridine rings is 1. The molecule has 3 heterocycles. The number of H-pyrrole nitrogens is 1. The van der Waals surface area contributed by atoms with Crippen molar-refractivity contribution in [1.29, 1.82) is 0 Å². The van der Waals surface area contributed by atoms with Crippen molar-refractivity contribution in [2.24, 2.45) is 7.05 Å². The van der Waals surface area contributed by atoms with Crippen LogP contribution in [0.5, 0.6) is 17.2 Å². The van der Waals surface area contributed by atoms with E-state index in [1.54, 1.807) is 42.5 Å². The van der Waals surface area contributed by atoms with Crippen molar-refractivity contribution in [3.63, 3.8) is 0 Å². The Morgan fingerprint density at radius 1 is 1.00 bits per heavy atom. The number of benzene rings is 2. The summed E-state index contributed by atoms with van der Waals surface area (Å²) in [7, 11) is 1.70. The van der Waals surface area contributed by atoms with E-state index >= 15 is 0 Å². The Labute approximate surface area is 262 Å². The summed E-state index contributed by atoms with van der Waals surface area (Å²) in [5.41, 5.74) is 1.92. The SMILES string of the molecule is CC(=O)Nc1ccc(Oc2cccc(OCCOC3CCN(C(=O)OC(C)(C)C)CC3)c2)c(-c2cn(C)c(=O)c3[nH]ccc23)c1. The van der Waals surface area contributed by atoms with Crippen LogP contribution in [0.15, 0.2) is 65.7 Å². The van der Waals surface area contributed by atoms with Gasteiger partial charge in [-0.25, -0.2) is 4.79 Å². The summed E-state index contributed by atoms with van der Waals surface area (Å²) in [6.07, 6.45) is 4.76. The minimum absolute atomic E-state index is 0.0600. The number of amides is 2. The number of hydrogen-bond donors (Lipinski definition) is 2. The minimum Gasteiger partial charge on any atom is -0.491 e. The first-order chi connectivity index (χ1) is 21.5. The van der Waals surface area contributed by atoms with Crippen molar-refractivity contribution in [3.8, 4) is 28.4 Å². The zero-order valence-electron chi connectivity index (χ0n) is 26.3. The molecule has 2 aromatic carbocycles. The van der Waals surface area contributed by atoms with Gasteiger partial charge in [-0.3, -0.25) is 9.59 Å². The van der Waals surface area contributed by atoms with Crippen molar-refractivity contribution in [2.75, 3.05) is 31.6 Å². The fraction of sp³-hybridized carbons (Fsp3) is 0.382. The largest absolute Gasteiger partial charge is 0.491 e. The Kier molecular flexibility index (Phi) is 9.48. The highest BCUT2D eigenvalue weighted by molar-refractivity contribution is 5.97. The van der Waals surface area contributed by atoms with Crippen molar-refractivity contribution in [1.82, 2.24) is 14.5 Å². The molecule has 0 bridgehead atoms. The Morgan fingerprint density at radius 2 is 1.76 bits per heavy atom. The number of carbonyl (C=O) groups is 2. The number of piperidine rings is 1. The van der Waals surface area contributed by atoms with Gasteiger partial charge in [-0.15, -0.1) is 0 Å². The summed E-state index contributed by atoms with van der Waals surface area (Å²) >= 11 is 0. The molecule has 2 N–H and O–H groups in total. The molecule has 1 aliphatic rings. The number of hydrogen-bond acceptors (Lipinski definition) is 7. The topological polar surface area (TPSA) is 124 Å². The van der Waals surface area contributed by atoms with Gasteiger partial charge in [-0.2, -0.15) is 0 Å². The van der Waals surface area contributed by atoms with E-state index in [0.717, 1.165) is 23.8 Å². The molecule has 0 radical (unpaired) electrons. The molecule has 0 saturated carbocycles. The van der Waals surface area contributed by atoms with Crippen molar-refractivity contribution >= 4 is 28.6 Å². The molecule has 45 heavy (non-hydrogen) atoms. The lowest BCUT2D eigenvalue weighted by Crippen LogP contribution is -2.43. The first-order valence-electron chi connectivity index (χ1n) is 15.1. The van der Waals surface area contributed by atoms with Crippen LogP contribution in [-0.4, -0.2) is 64.5 Å². The summed E-state index contributed by atoms with van der Waals surface area (Å²) in [5.74, 6) is 1.54. The highest BCUT2D eigenvalue weighted by atomic mass is 16.6. The first kappa shape index (κ1) is 31.6. The number of ether oxygens (including phenoxy) is 4. The average molecular weight is 617 g/mol. The summed E-state index contributed by atoms with van der Waals surface area (Å²) in [4.78, 5) is 41.5. The number of rotatable bonds is 9. The molecule has 0 spiro atoms. The number of nitrogens with zero attached hydrogens (tertiary/aromatic N) is 2. The normalized spacial score (nSPS) is 13.9. The number of aryl methyl sites for hydroxylation is 1. The van der Waals surface area contributed by atoms with E-state index in [4.69, 9.17) is 18.9 Å². The van der Waals surface area contributed by atoms with Gasteiger partial charge in [0, 0.05) is 67.7 Å². The highest BCUT2D eigenvalue weighted by Gasteiger charge is 2.27. The predicted octanol–water partition coefficient (Wildman–Crippen LogP) is 6.08. The third-order valence-electron chi connectivity index (χ3n) is 7.32. The van der Waals surface area contributed by atoms with E-state index in [1.165, 1.54) is 11.5 Å². The van der Waals surface area contributed by atoms with E-state index in [1.807, 2.05) is 51.1 Å². The van der Waals surface area contributed by atoms with Gasteiger partial charge in [0.2, 0.25) is 5.91 Å². The smallest absolute Gasteiger partial charge is 0.410 e. The average Bonchev–Trinajstić information content (AvgIpc) is 3.48.